The molecule has 1 aliphatic rings. The van der Waals surface area contributed by atoms with Crippen molar-refractivity contribution in [3.05, 3.63) is 58.6 Å². The van der Waals surface area contributed by atoms with Gasteiger partial charge >= 0.3 is 0 Å². The van der Waals surface area contributed by atoms with E-state index in [2.05, 4.69) is 15.3 Å². The Morgan fingerprint density at radius 2 is 2.19 bits per heavy atom. The van der Waals surface area contributed by atoms with Crippen molar-refractivity contribution in [2.45, 2.75) is 18.6 Å². The number of aromatic nitrogens is 1. The first-order valence-corrected chi connectivity index (χ1v) is 8.46. The Bertz CT molecular complexity index is 891. The first-order valence-electron chi connectivity index (χ1n) is 8.08. The number of amides is 1. The topological polar surface area (TPSA) is 89.6 Å². The number of pyridine rings is 1. The van der Waals surface area contributed by atoms with E-state index >= 15 is 0 Å². The Morgan fingerprint density at radius 3 is 2.89 bits per heavy atom. The van der Waals surface area contributed by atoms with Gasteiger partial charge in [0.2, 0.25) is 0 Å². The molecule has 1 aromatic heterocycles. The van der Waals surface area contributed by atoms with E-state index in [9.17, 15) is 13.6 Å². The largest absolute Gasteiger partial charge is 0.386 e. The lowest BCUT2D eigenvalue weighted by Gasteiger charge is -2.28. The zero-order valence-electron chi connectivity index (χ0n) is 14.4. The highest BCUT2D eigenvalue weighted by atomic mass is 35.5. The molecule has 0 fully saturated rings. The molecule has 1 aliphatic heterocycles. The molecule has 1 amide bonds. The summed E-state index contributed by atoms with van der Waals surface area (Å²) in [7, 11) is 0. The normalized spacial score (nSPS) is 22.7. The van der Waals surface area contributed by atoms with E-state index in [-0.39, 0.29) is 36.0 Å². The van der Waals surface area contributed by atoms with Crippen molar-refractivity contribution in [3.63, 3.8) is 0 Å². The molecule has 0 radical (unpaired) electrons. The minimum Gasteiger partial charge on any atom is -0.386 e. The van der Waals surface area contributed by atoms with Gasteiger partial charge in [-0.25, -0.2) is 13.8 Å². The predicted octanol–water partition coefficient (Wildman–Crippen LogP) is 3.07. The van der Waals surface area contributed by atoms with Gasteiger partial charge in [0.05, 0.1) is 11.6 Å². The number of nitrogens with one attached hydrogen (secondary N) is 1. The molecule has 6 nitrogen and oxygen atoms in total. The number of nitrogens with two attached hydrogens (primary N) is 1. The lowest BCUT2D eigenvalue weighted by molar-refractivity contribution is 0.0754. The second-order valence-corrected chi connectivity index (χ2v) is 6.68. The third-order valence-corrected chi connectivity index (χ3v) is 4.45. The molecule has 3 rings (SSSR count). The maximum atomic E-state index is 14.7. The second-order valence-electron chi connectivity index (χ2n) is 6.24. The summed E-state index contributed by atoms with van der Waals surface area (Å²) in [6.45, 7) is 1.13. The summed E-state index contributed by atoms with van der Waals surface area (Å²) in [6.07, 6.45) is -0.276. The molecule has 3 N–H and O–H groups in total. The maximum Gasteiger partial charge on any atom is 0.274 e. The number of carbonyl (C=O) groups is 1. The van der Waals surface area contributed by atoms with E-state index < -0.39 is 23.4 Å². The molecule has 0 bridgehead atoms. The van der Waals surface area contributed by atoms with E-state index in [0.29, 0.717) is 5.02 Å². The van der Waals surface area contributed by atoms with Gasteiger partial charge < -0.3 is 15.8 Å². The third kappa shape index (κ3) is 4.06. The van der Waals surface area contributed by atoms with Gasteiger partial charge in [0, 0.05) is 17.4 Å². The summed E-state index contributed by atoms with van der Waals surface area (Å²) in [6, 6.07) is 6.81. The van der Waals surface area contributed by atoms with E-state index in [1.807, 2.05) is 0 Å². The Balaban J connectivity index is 1.93. The predicted molar refractivity (Wildman–Crippen MR) is 98.3 cm³/mol. The zero-order chi connectivity index (χ0) is 19.6. The number of ether oxygens (including phenoxy) is 1. The van der Waals surface area contributed by atoms with Crippen LogP contribution in [0.25, 0.3) is 0 Å². The fourth-order valence-electron chi connectivity index (χ4n) is 2.75. The zero-order valence-corrected chi connectivity index (χ0v) is 15.1. The minimum absolute atomic E-state index is 0.0315. The highest BCUT2D eigenvalue weighted by molar-refractivity contribution is 6.30. The van der Waals surface area contributed by atoms with Gasteiger partial charge in [-0.1, -0.05) is 11.6 Å². The fourth-order valence-corrected chi connectivity index (χ4v) is 2.87. The highest BCUT2D eigenvalue weighted by Gasteiger charge is 2.40. The molecule has 2 aromatic rings. The standard InChI is InChI=1S/C18H17ClF2N4O2/c1-18(15(21)8-27-9-16(22)25-18)12-6-11(3-4-13(12)20)24-17(26)14-5-2-10(19)7-23-14/h2-7,15H,8-9H2,1H3,(H2,22,25)(H,24,26). The van der Waals surface area contributed by atoms with Crippen LogP contribution in [0.5, 0.6) is 0 Å². The van der Waals surface area contributed by atoms with Crippen LogP contribution in [0.2, 0.25) is 5.02 Å². The smallest absolute Gasteiger partial charge is 0.274 e. The van der Waals surface area contributed by atoms with Crippen molar-refractivity contribution >= 4 is 29.0 Å². The van der Waals surface area contributed by atoms with E-state index in [1.54, 1.807) is 0 Å². The SMILES string of the molecule is CC1(c2cc(NC(=O)c3ccc(Cl)cn3)ccc2F)N=C(N)COCC1F. The first kappa shape index (κ1) is 19.2. The van der Waals surface area contributed by atoms with Gasteiger partial charge in [0.15, 0.2) is 6.17 Å². The number of hydrogen-bond donors (Lipinski definition) is 2. The summed E-state index contributed by atoms with van der Waals surface area (Å²) < 4.78 is 34.2. The van der Waals surface area contributed by atoms with Crippen LogP contribution < -0.4 is 11.1 Å². The van der Waals surface area contributed by atoms with Crippen LogP contribution in [0, 0.1) is 5.82 Å². The van der Waals surface area contributed by atoms with Crippen molar-refractivity contribution in [2.75, 3.05) is 18.5 Å². The Kier molecular flexibility index (Phi) is 5.38. The molecule has 0 saturated heterocycles. The van der Waals surface area contributed by atoms with Crippen molar-refractivity contribution in [1.82, 2.24) is 4.98 Å². The van der Waals surface area contributed by atoms with Crippen LogP contribution in [-0.4, -0.2) is 36.1 Å². The van der Waals surface area contributed by atoms with Crippen LogP contribution in [0.4, 0.5) is 14.5 Å². The lowest BCUT2D eigenvalue weighted by atomic mass is 9.87. The van der Waals surface area contributed by atoms with Crippen LogP contribution in [0.1, 0.15) is 23.0 Å². The summed E-state index contributed by atoms with van der Waals surface area (Å²) in [4.78, 5) is 20.3. The number of aliphatic imine (C=N–C) groups is 1. The summed E-state index contributed by atoms with van der Waals surface area (Å²) in [5, 5.41) is 2.99. The number of carbonyl (C=O) groups excluding carboxylic acids is 1. The van der Waals surface area contributed by atoms with Gasteiger partial charge in [-0.15, -0.1) is 0 Å². The quantitative estimate of drug-likeness (QED) is 0.837. The molecule has 0 spiro atoms. The molecule has 2 unspecified atom stereocenters. The number of hydrogen-bond acceptors (Lipinski definition) is 5. The number of anilines is 1. The Hall–Kier alpha value is -2.58. The molecule has 0 aliphatic carbocycles. The maximum absolute atomic E-state index is 14.7. The number of alkyl halides is 1. The van der Waals surface area contributed by atoms with Crippen molar-refractivity contribution in [2.24, 2.45) is 10.7 Å². The van der Waals surface area contributed by atoms with E-state index in [0.717, 1.165) is 6.07 Å². The van der Waals surface area contributed by atoms with Gasteiger partial charge in [-0.2, -0.15) is 0 Å². The summed E-state index contributed by atoms with van der Waals surface area (Å²) >= 11 is 5.75. The van der Waals surface area contributed by atoms with Crippen molar-refractivity contribution < 1.29 is 18.3 Å². The molecule has 2 heterocycles. The number of rotatable bonds is 3. The molecule has 2 atom stereocenters. The number of amidine groups is 1. The molecule has 9 heteroatoms. The van der Waals surface area contributed by atoms with E-state index in [4.69, 9.17) is 22.1 Å². The van der Waals surface area contributed by atoms with Crippen molar-refractivity contribution in [1.29, 1.82) is 0 Å². The van der Waals surface area contributed by atoms with Crippen LogP contribution in [0.3, 0.4) is 0 Å². The van der Waals surface area contributed by atoms with Gasteiger partial charge in [-0.05, 0) is 37.3 Å². The summed E-state index contributed by atoms with van der Waals surface area (Å²) in [5.41, 5.74) is 4.49. The highest BCUT2D eigenvalue weighted by Crippen LogP contribution is 2.36. The number of nitrogens with zero attached hydrogens (tertiary/aromatic N) is 2. The van der Waals surface area contributed by atoms with Gasteiger partial charge in [0.1, 0.15) is 29.5 Å². The third-order valence-electron chi connectivity index (χ3n) is 4.23. The minimum atomic E-state index is -1.61. The number of benzene rings is 1. The Morgan fingerprint density at radius 1 is 1.41 bits per heavy atom. The summed E-state index contributed by atoms with van der Waals surface area (Å²) in [5.74, 6) is -1.11. The number of halogens is 3. The fraction of sp³-hybridized carbons (Fsp3) is 0.278. The van der Waals surface area contributed by atoms with Crippen LogP contribution in [0.15, 0.2) is 41.5 Å². The van der Waals surface area contributed by atoms with Crippen LogP contribution >= 0.6 is 11.6 Å². The van der Waals surface area contributed by atoms with Gasteiger partial charge in [-0.3, -0.25) is 9.79 Å². The lowest BCUT2D eigenvalue weighted by Crippen LogP contribution is -2.35. The average molecular weight is 395 g/mol. The molecular weight excluding hydrogens is 378 g/mol. The first-order chi connectivity index (χ1) is 12.8. The van der Waals surface area contributed by atoms with Crippen LogP contribution in [-0.2, 0) is 10.3 Å². The van der Waals surface area contributed by atoms with E-state index in [1.165, 1.54) is 37.4 Å². The second kappa shape index (κ2) is 7.58. The van der Waals surface area contributed by atoms with Gasteiger partial charge in [0.25, 0.3) is 5.91 Å². The molecule has 0 saturated carbocycles. The Labute approximate surface area is 159 Å². The average Bonchev–Trinajstić information content (AvgIpc) is 2.75. The molecular formula is C18H17ClF2N4O2. The van der Waals surface area contributed by atoms with Crippen molar-refractivity contribution in [3.8, 4) is 0 Å². The molecule has 1 aromatic carbocycles. The molecule has 27 heavy (non-hydrogen) atoms. The monoisotopic (exact) mass is 394 g/mol. The molecule has 142 valence electrons.